The lowest BCUT2D eigenvalue weighted by molar-refractivity contribution is 0.300. The molecule has 2 N–H and O–H groups in total. The minimum Gasteiger partial charge on any atom is -0.496 e. The molecule has 0 radical (unpaired) electrons. The van der Waals surface area contributed by atoms with Gasteiger partial charge < -0.3 is 10.5 Å². The fourth-order valence-corrected chi connectivity index (χ4v) is 1.93. The van der Waals surface area contributed by atoms with Crippen LogP contribution in [0.1, 0.15) is 38.3 Å². The van der Waals surface area contributed by atoms with E-state index in [1.165, 1.54) is 5.56 Å². The molecule has 0 aromatic heterocycles. The van der Waals surface area contributed by atoms with Crippen molar-refractivity contribution in [1.82, 2.24) is 0 Å². The Morgan fingerprint density at radius 3 is 2.56 bits per heavy atom. The number of aryl methyl sites for hydroxylation is 1. The molecule has 0 fully saturated rings. The van der Waals surface area contributed by atoms with E-state index in [2.05, 4.69) is 39.8 Å². The molecular formula is C14H23NO. The Hall–Kier alpha value is -1.02. The Balaban J connectivity index is 3.24. The highest BCUT2D eigenvalue weighted by Gasteiger charge is 2.30. The van der Waals surface area contributed by atoms with E-state index in [4.69, 9.17) is 10.5 Å². The van der Waals surface area contributed by atoms with Crippen LogP contribution in [0.25, 0.3) is 0 Å². The second kappa shape index (κ2) is 4.88. The summed E-state index contributed by atoms with van der Waals surface area (Å²) < 4.78 is 5.40. The van der Waals surface area contributed by atoms with E-state index >= 15 is 0 Å². The van der Waals surface area contributed by atoms with Gasteiger partial charge in [-0.1, -0.05) is 38.0 Å². The Kier molecular flexibility index (Phi) is 3.98. The maximum Gasteiger partial charge on any atom is 0.123 e. The van der Waals surface area contributed by atoms with Gasteiger partial charge in [0, 0.05) is 11.1 Å². The molecule has 90 valence electrons. The van der Waals surface area contributed by atoms with Gasteiger partial charge in [0.25, 0.3) is 0 Å². The van der Waals surface area contributed by atoms with Gasteiger partial charge in [0.2, 0.25) is 0 Å². The number of ether oxygens (including phenoxy) is 1. The number of methoxy groups -OCH3 is 1. The van der Waals surface area contributed by atoms with Crippen molar-refractivity contribution in [1.29, 1.82) is 0 Å². The predicted molar refractivity (Wildman–Crippen MR) is 68.7 cm³/mol. The second-order valence-corrected chi connectivity index (χ2v) is 4.80. The normalized spacial score (nSPS) is 16.6. The van der Waals surface area contributed by atoms with Crippen LogP contribution in [0.5, 0.6) is 5.75 Å². The van der Waals surface area contributed by atoms with Gasteiger partial charge in [-0.15, -0.1) is 0 Å². The molecule has 0 spiro atoms. The summed E-state index contributed by atoms with van der Waals surface area (Å²) >= 11 is 0. The smallest absolute Gasteiger partial charge is 0.123 e. The lowest BCUT2D eigenvalue weighted by atomic mass is 9.79. The maximum absolute atomic E-state index is 6.46. The average molecular weight is 221 g/mol. The molecule has 2 nitrogen and oxygen atoms in total. The van der Waals surface area contributed by atoms with Gasteiger partial charge in [0.1, 0.15) is 5.75 Å². The summed E-state index contributed by atoms with van der Waals surface area (Å²) in [7, 11) is 1.70. The van der Waals surface area contributed by atoms with E-state index in [1.807, 2.05) is 6.07 Å². The van der Waals surface area contributed by atoms with E-state index < -0.39 is 0 Å². The fourth-order valence-electron chi connectivity index (χ4n) is 1.93. The van der Waals surface area contributed by atoms with E-state index in [0.29, 0.717) is 5.92 Å². The van der Waals surface area contributed by atoms with Crippen LogP contribution in [0.4, 0.5) is 0 Å². The number of hydrogen-bond donors (Lipinski definition) is 1. The molecule has 2 unspecified atom stereocenters. The van der Waals surface area contributed by atoms with Crippen LogP contribution >= 0.6 is 0 Å². The number of rotatable bonds is 4. The largest absolute Gasteiger partial charge is 0.496 e. The van der Waals surface area contributed by atoms with Crippen LogP contribution < -0.4 is 10.5 Å². The number of hydrogen-bond acceptors (Lipinski definition) is 2. The van der Waals surface area contributed by atoms with Gasteiger partial charge in [0.05, 0.1) is 7.11 Å². The SMILES string of the molecule is CCC(C)C(C)(N)c1cc(C)ccc1OC. The van der Waals surface area contributed by atoms with Crippen LogP contribution in [0, 0.1) is 12.8 Å². The molecular weight excluding hydrogens is 198 g/mol. The van der Waals surface area contributed by atoms with Crippen molar-refractivity contribution in [3.8, 4) is 5.75 Å². The molecule has 0 aliphatic heterocycles. The van der Waals surface area contributed by atoms with Crippen molar-refractivity contribution < 1.29 is 4.74 Å². The standard InChI is InChI=1S/C14H23NO/c1-6-11(3)14(4,15)12-9-10(2)7-8-13(12)16-5/h7-9,11H,6,15H2,1-5H3. The molecule has 0 saturated carbocycles. The van der Waals surface area contributed by atoms with E-state index in [9.17, 15) is 0 Å². The third-order valence-electron chi connectivity index (χ3n) is 3.57. The highest BCUT2D eigenvalue weighted by Crippen LogP contribution is 2.35. The first-order valence-corrected chi connectivity index (χ1v) is 5.87. The Morgan fingerprint density at radius 2 is 2.06 bits per heavy atom. The molecule has 0 amide bonds. The van der Waals surface area contributed by atoms with E-state index in [1.54, 1.807) is 7.11 Å². The lowest BCUT2D eigenvalue weighted by Crippen LogP contribution is -2.40. The van der Waals surface area contributed by atoms with Crippen molar-refractivity contribution in [3.05, 3.63) is 29.3 Å². The zero-order valence-corrected chi connectivity index (χ0v) is 11.0. The van der Waals surface area contributed by atoms with Gasteiger partial charge in [-0.3, -0.25) is 0 Å². The zero-order chi connectivity index (χ0) is 12.3. The van der Waals surface area contributed by atoms with Crippen molar-refractivity contribution in [2.45, 2.75) is 39.7 Å². The average Bonchev–Trinajstić information content (AvgIpc) is 2.27. The van der Waals surface area contributed by atoms with Gasteiger partial charge in [-0.05, 0) is 25.8 Å². The van der Waals surface area contributed by atoms with Crippen molar-refractivity contribution in [2.75, 3.05) is 7.11 Å². The summed E-state index contributed by atoms with van der Waals surface area (Å²) in [5.74, 6) is 1.30. The minimum atomic E-state index is -0.341. The number of benzene rings is 1. The van der Waals surface area contributed by atoms with Crippen LogP contribution in [-0.2, 0) is 5.54 Å². The second-order valence-electron chi connectivity index (χ2n) is 4.80. The molecule has 0 aliphatic rings. The summed E-state index contributed by atoms with van der Waals surface area (Å²) in [6.07, 6.45) is 1.06. The molecule has 0 bridgehead atoms. The molecule has 0 saturated heterocycles. The monoisotopic (exact) mass is 221 g/mol. The molecule has 1 rings (SSSR count). The summed E-state index contributed by atoms with van der Waals surface area (Å²) in [4.78, 5) is 0. The Bertz CT molecular complexity index is 358. The number of nitrogens with two attached hydrogens (primary N) is 1. The fraction of sp³-hybridized carbons (Fsp3) is 0.571. The van der Waals surface area contributed by atoms with E-state index in [0.717, 1.165) is 17.7 Å². The van der Waals surface area contributed by atoms with Gasteiger partial charge >= 0.3 is 0 Å². The molecule has 0 heterocycles. The third-order valence-corrected chi connectivity index (χ3v) is 3.57. The quantitative estimate of drug-likeness (QED) is 0.847. The van der Waals surface area contributed by atoms with Gasteiger partial charge in [-0.25, -0.2) is 0 Å². The highest BCUT2D eigenvalue weighted by molar-refractivity contribution is 5.41. The van der Waals surface area contributed by atoms with Crippen LogP contribution in [0.15, 0.2) is 18.2 Å². The highest BCUT2D eigenvalue weighted by atomic mass is 16.5. The summed E-state index contributed by atoms with van der Waals surface area (Å²) in [5.41, 5.74) is 8.44. The van der Waals surface area contributed by atoms with E-state index in [-0.39, 0.29) is 5.54 Å². The third kappa shape index (κ3) is 2.38. The van der Waals surface area contributed by atoms with Gasteiger partial charge in [-0.2, -0.15) is 0 Å². The Labute approximate surface area is 98.8 Å². The Morgan fingerprint density at radius 1 is 1.44 bits per heavy atom. The van der Waals surface area contributed by atoms with Crippen LogP contribution in [0.3, 0.4) is 0 Å². The summed E-state index contributed by atoms with van der Waals surface area (Å²) in [5, 5.41) is 0. The first-order valence-electron chi connectivity index (χ1n) is 5.87. The molecule has 1 aromatic rings. The molecule has 16 heavy (non-hydrogen) atoms. The summed E-state index contributed by atoms with van der Waals surface area (Å²) in [6, 6.07) is 6.18. The lowest BCUT2D eigenvalue weighted by Gasteiger charge is -2.33. The molecule has 0 aliphatic carbocycles. The van der Waals surface area contributed by atoms with Crippen LogP contribution in [-0.4, -0.2) is 7.11 Å². The van der Waals surface area contributed by atoms with Crippen molar-refractivity contribution in [2.24, 2.45) is 11.7 Å². The first-order chi connectivity index (χ1) is 7.43. The zero-order valence-electron chi connectivity index (χ0n) is 11.0. The van der Waals surface area contributed by atoms with Gasteiger partial charge in [0.15, 0.2) is 0 Å². The summed E-state index contributed by atoms with van der Waals surface area (Å²) in [6.45, 7) is 8.51. The molecule has 1 aromatic carbocycles. The van der Waals surface area contributed by atoms with Crippen LogP contribution in [0.2, 0.25) is 0 Å². The maximum atomic E-state index is 6.46. The first kappa shape index (κ1) is 13.0. The van der Waals surface area contributed by atoms with Crippen molar-refractivity contribution >= 4 is 0 Å². The molecule has 2 atom stereocenters. The minimum absolute atomic E-state index is 0.341. The topological polar surface area (TPSA) is 35.2 Å². The molecule has 2 heteroatoms. The predicted octanol–water partition coefficient (Wildman–Crippen LogP) is 3.22. The van der Waals surface area contributed by atoms with Crippen molar-refractivity contribution in [3.63, 3.8) is 0 Å².